The van der Waals surface area contributed by atoms with Crippen LogP contribution in [-0.2, 0) is 13.0 Å². The topological polar surface area (TPSA) is 74.1 Å². The quantitative estimate of drug-likeness (QED) is 0.464. The van der Waals surface area contributed by atoms with Gasteiger partial charge in [0.2, 0.25) is 0 Å². The van der Waals surface area contributed by atoms with Gasteiger partial charge in [-0.3, -0.25) is 4.98 Å². The molecule has 0 bridgehead atoms. The minimum Gasteiger partial charge on any atom is -0.493 e. The Morgan fingerprint density at radius 1 is 0.968 bits per heavy atom. The maximum Gasteiger partial charge on any atom is 0.160 e. The van der Waals surface area contributed by atoms with Crippen molar-refractivity contribution in [3.63, 3.8) is 0 Å². The summed E-state index contributed by atoms with van der Waals surface area (Å²) in [6.07, 6.45) is 4.27. The summed E-state index contributed by atoms with van der Waals surface area (Å²) in [7, 11) is 3.29. The zero-order valence-corrected chi connectivity index (χ0v) is 18.3. The second-order valence-corrected chi connectivity index (χ2v) is 7.40. The van der Waals surface area contributed by atoms with Crippen molar-refractivity contribution in [1.82, 2.24) is 19.5 Å². The fourth-order valence-corrected chi connectivity index (χ4v) is 3.81. The molecule has 3 aromatic heterocycles. The lowest BCUT2D eigenvalue weighted by atomic mass is 10.1. The standard InChI is InChI=1S/C24H27N5O2/c1-16-17(2)29(14-19-7-5-6-11-25-19)24-22(16)23(27-15-28-24)26-12-10-18-8-9-20(30-3)21(13-18)31-4/h5-9,11,13,15H,10,12,14H2,1-4H3,(H,26,27,28). The third kappa shape index (κ3) is 4.17. The van der Waals surface area contributed by atoms with Gasteiger partial charge < -0.3 is 19.4 Å². The van der Waals surface area contributed by atoms with Crippen molar-refractivity contribution in [1.29, 1.82) is 0 Å². The molecule has 0 saturated carbocycles. The van der Waals surface area contributed by atoms with E-state index in [1.54, 1.807) is 20.5 Å². The second-order valence-electron chi connectivity index (χ2n) is 7.40. The van der Waals surface area contributed by atoms with E-state index in [0.717, 1.165) is 52.6 Å². The summed E-state index contributed by atoms with van der Waals surface area (Å²) in [6.45, 7) is 5.66. The summed E-state index contributed by atoms with van der Waals surface area (Å²) in [6, 6.07) is 12.0. The molecule has 0 aliphatic rings. The summed E-state index contributed by atoms with van der Waals surface area (Å²) >= 11 is 0. The van der Waals surface area contributed by atoms with Gasteiger partial charge in [-0.15, -0.1) is 0 Å². The first-order valence-corrected chi connectivity index (χ1v) is 10.3. The Hall–Kier alpha value is -3.61. The second kappa shape index (κ2) is 9.04. The molecule has 160 valence electrons. The number of rotatable bonds is 8. The van der Waals surface area contributed by atoms with Gasteiger partial charge in [-0.2, -0.15) is 0 Å². The van der Waals surface area contributed by atoms with Crippen LogP contribution in [-0.4, -0.2) is 40.3 Å². The highest BCUT2D eigenvalue weighted by molar-refractivity contribution is 5.91. The number of aryl methyl sites for hydroxylation is 1. The predicted molar refractivity (Wildman–Crippen MR) is 122 cm³/mol. The summed E-state index contributed by atoms with van der Waals surface area (Å²) in [5, 5.41) is 4.55. The molecule has 31 heavy (non-hydrogen) atoms. The van der Waals surface area contributed by atoms with E-state index in [9.17, 15) is 0 Å². The lowest BCUT2D eigenvalue weighted by molar-refractivity contribution is 0.354. The Bertz CT molecular complexity index is 1190. The number of nitrogens with one attached hydrogen (secondary N) is 1. The Labute approximate surface area is 182 Å². The summed E-state index contributed by atoms with van der Waals surface area (Å²) in [4.78, 5) is 13.6. The van der Waals surface area contributed by atoms with E-state index in [0.29, 0.717) is 6.54 Å². The zero-order chi connectivity index (χ0) is 21.8. The van der Waals surface area contributed by atoms with E-state index in [1.165, 1.54) is 11.3 Å². The van der Waals surface area contributed by atoms with Crippen LogP contribution in [0.1, 0.15) is 22.5 Å². The number of pyridine rings is 1. The van der Waals surface area contributed by atoms with Gasteiger partial charge in [0.05, 0.1) is 31.8 Å². The van der Waals surface area contributed by atoms with E-state index >= 15 is 0 Å². The average Bonchev–Trinajstić information content (AvgIpc) is 3.05. The summed E-state index contributed by atoms with van der Waals surface area (Å²) < 4.78 is 12.9. The molecule has 4 aromatic rings. The third-order valence-corrected chi connectivity index (χ3v) is 5.61. The van der Waals surface area contributed by atoms with Crippen molar-refractivity contribution >= 4 is 16.9 Å². The van der Waals surface area contributed by atoms with Crippen LogP contribution < -0.4 is 14.8 Å². The molecule has 0 aliphatic carbocycles. The van der Waals surface area contributed by atoms with Crippen LogP contribution in [0.15, 0.2) is 48.9 Å². The van der Waals surface area contributed by atoms with E-state index in [4.69, 9.17) is 9.47 Å². The molecular formula is C24H27N5O2. The van der Waals surface area contributed by atoms with Crippen LogP contribution in [0.2, 0.25) is 0 Å². The predicted octanol–water partition coefficient (Wildman–Crippen LogP) is 4.16. The van der Waals surface area contributed by atoms with Gasteiger partial charge in [-0.1, -0.05) is 12.1 Å². The SMILES string of the molecule is COc1ccc(CCNc2ncnc3c2c(C)c(C)n3Cc2ccccn2)cc1OC. The van der Waals surface area contributed by atoms with E-state index in [1.807, 2.05) is 36.5 Å². The highest BCUT2D eigenvalue weighted by atomic mass is 16.5. The van der Waals surface area contributed by atoms with Crippen molar-refractivity contribution in [3.8, 4) is 11.5 Å². The van der Waals surface area contributed by atoms with Crippen LogP contribution in [0, 0.1) is 13.8 Å². The monoisotopic (exact) mass is 417 g/mol. The fourth-order valence-electron chi connectivity index (χ4n) is 3.81. The number of aromatic nitrogens is 4. The Balaban J connectivity index is 1.55. The van der Waals surface area contributed by atoms with Gasteiger partial charge in [-0.05, 0) is 55.7 Å². The number of fused-ring (bicyclic) bond motifs is 1. The van der Waals surface area contributed by atoms with Crippen LogP contribution in [0.4, 0.5) is 5.82 Å². The molecule has 0 aliphatic heterocycles. The fraction of sp³-hybridized carbons (Fsp3) is 0.292. The van der Waals surface area contributed by atoms with Gasteiger partial charge >= 0.3 is 0 Å². The summed E-state index contributed by atoms with van der Waals surface area (Å²) in [5.74, 6) is 2.32. The number of nitrogens with zero attached hydrogens (tertiary/aromatic N) is 4. The maximum atomic E-state index is 5.41. The molecular weight excluding hydrogens is 390 g/mol. The van der Waals surface area contributed by atoms with E-state index in [-0.39, 0.29) is 0 Å². The molecule has 7 heteroatoms. The lowest BCUT2D eigenvalue weighted by Crippen LogP contribution is -2.08. The molecule has 4 rings (SSSR count). The molecule has 3 heterocycles. The van der Waals surface area contributed by atoms with Gasteiger partial charge in [0.25, 0.3) is 0 Å². The minimum absolute atomic E-state index is 0.680. The number of anilines is 1. The third-order valence-electron chi connectivity index (χ3n) is 5.61. The first kappa shape index (κ1) is 20.7. The molecule has 0 fully saturated rings. The zero-order valence-electron chi connectivity index (χ0n) is 18.3. The van der Waals surface area contributed by atoms with Crippen LogP contribution in [0.3, 0.4) is 0 Å². The minimum atomic E-state index is 0.680. The lowest BCUT2D eigenvalue weighted by Gasteiger charge is -2.11. The van der Waals surface area contributed by atoms with Crippen molar-refractivity contribution < 1.29 is 9.47 Å². The highest BCUT2D eigenvalue weighted by Crippen LogP contribution is 2.30. The number of hydrogen-bond donors (Lipinski definition) is 1. The van der Waals surface area contributed by atoms with Crippen LogP contribution in [0.5, 0.6) is 11.5 Å². The highest BCUT2D eigenvalue weighted by Gasteiger charge is 2.17. The van der Waals surface area contributed by atoms with Crippen molar-refractivity contribution in [2.75, 3.05) is 26.1 Å². The molecule has 1 N–H and O–H groups in total. The van der Waals surface area contributed by atoms with Gasteiger partial charge in [0, 0.05) is 18.4 Å². The smallest absolute Gasteiger partial charge is 0.160 e. The Kier molecular flexibility index (Phi) is 6.02. The van der Waals surface area contributed by atoms with Crippen LogP contribution >= 0.6 is 0 Å². The molecule has 0 radical (unpaired) electrons. The number of methoxy groups -OCH3 is 2. The van der Waals surface area contributed by atoms with Crippen molar-refractivity contribution in [2.24, 2.45) is 0 Å². The van der Waals surface area contributed by atoms with Gasteiger partial charge in [0.15, 0.2) is 11.5 Å². The Morgan fingerprint density at radius 2 is 1.81 bits per heavy atom. The molecule has 0 saturated heterocycles. The van der Waals surface area contributed by atoms with Crippen molar-refractivity contribution in [2.45, 2.75) is 26.8 Å². The van der Waals surface area contributed by atoms with Gasteiger partial charge in [0.1, 0.15) is 17.8 Å². The number of benzene rings is 1. The van der Waals surface area contributed by atoms with Crippen molar-refractivity contribution in [3.05, 3.63) is 71.4 Å². The summed E-state index contributed by atoms with van der Waals surface area (Å²) in [5.41, 5.74) is 5.44. The molecule has 7 nitrogen and oxygen atoms in total. The largest absolute Gasteiger partial charge is 0.493 e. The molecule has 1 aromatic carbocycles. The van der Waals surface area contributed by atoms with E-state index in [2.05, 4.69) is 44.7 Å². The first-order valence-electron chi connectivity index (χ1n) is 10.3. The first-order chi connectivity index (χ1) is 15.1. The molecule has 0 spiro atoms. The van der Waals surface area contributed by atoms with Gasteiger partial charge in [-0.25, -0.2) is 9.97 Å². The molecule has 0 atom stereocenters. The number of hydrogen-bond acceptors (Lipinski definition) is 6. The molecule has 0 unspecified atom stereocenters. The number of ether oxygens (including phenoxy) is 2. The molecule has 0 amide bonds. The Morgan fingerprint density at radius 3 is 2.55 bits per heavy atom. The normalized spacial score (nSPS) is 11.0. The average molecular weight is 418 g/mol. The van der Waals surface area contributed by atoms with E-state index < -0.39 is 0 Å². The van der Waals surface area contributed by atoms with Crippen LogP contribution in [0.25, 0.3) is 11.0 Å². The maximum absolute atomic E-state index is 5.41.